The normalized spacial score (nSPS) is 17.0. The lowest BCUT2D eigenvalue weighted by Gasteiger charge is -2.31. The van der Waals surface area contributed by atoms with E-state index in [4.69, 9.17) is 16.3 Å². The molecule has 0 aromatic carbocycles. The fourth-order valence-electron chi connectivity index (χ4n) is 2.57. The van der Waals surface area contributed by atoms with E-state index in [1.54, 1.807) is 4.90 Å². The van der Waals surface area contributed by atoms with E-state index in [9.17, 15) is 9.59 Å². The van der Waals surface area contributed by atoms with Gasteiger partial charge in [0, 0.05) is 25.9 Å². The van der Waals surface area contributed by atoms with Gasteiger partial charge in [-0.15, -0.1) is 0 Å². The lowest BCUT2D eigenvalue weighted by Crippen LogP contribution is -2.41. The third-order valence-corrected chi connectivity index (χ3v) is 4.94. The fourth-order valence-corrected chi connectivity index (χ4v) is 3.51. The average molecular weight is 343 g/mol. The number of anilines is 1. The summed E-state index contributed by atoms with van der Waals surface area (Å²) >= 11 is 1.14. The van der Waals surface area contributed by atoms with E-state index in [0.717, 1.165) is 24.6 Å². The first-order chi connectivity index (χ1) is 11.5. The van der Waals surface area contributed by atoms with Crippen LogP contribution in [0.1, 0.15) is 30.9 Å². The Morgan fingerprint density at radius 3 is 2.75 bits per heavy atom. The molecular formula is C16H17N5O2S. The molecule has 2 rings (SSSR count). The Bertz CT molecular complexity index is 750. The third-order valence-electron chi connectivity index (χ3n) is 3.93. The Balaban J connectivity index is 2.04. The highest BCUT2D eigenvalue weighted by atomic mass is 32.2. The van der Waals surface area contributed by atoms with Crippen molar-refractivity contribution in [1.29, 1.82) is 10.5 Å². The molecule has 1 aliphatic heterocycles. The number of hydrogen-bond acceptors (Lipinski definition) is 7. The summed E-state index contributed by atoms with van der Waals surface area (Å²) in [4.78, 5) is 29.6. The molecule has 8 heteroatoms. The monoisotopic (exact) mass is 343 g/mol. The Kier molecular flexibility index (Phi) is 5.78. The van der Waals surface area contributed by atoms with E-state index in [1.165, 1.54) is 13.0 Å². The van der Waals surface area contributed by atoms with Gasteiger partial charge in [0.25, 0.3) is 0 Å². The number of piperidine rings is 1. The van der Waals surface area contributed by atoms with Gasteiger partial charge in [-0.1, -0.05) is 11.8 Å². The number of rotatable bonds is 4. The molecule has 1 saturated heterocycles. The van der Waals surface area contributed by atoms with E-state index in [1.807, 2.05) is 12.1 Å². The summed E-state index contributed by atoms with van der Waals surface area (Å²) in [6.45, 7) is 2.64. The number of Topliss-reactive ketones (excluding diaryl/α,β-unsaturated/α-hetero) is 1. The Morgan fingerprint density at radius 1 is 1.42 bits per heavy atom. The first kappa shape index (κ1) is 17.8. The second-order valence-corrected chi connectivity index (χ2v) is 6.52. The molecule has 2 heterocycles. The van der Waals surface area contributed by atoms with Crippen LogP contribution in [-0.2, 0) is 9.59 Å². The number of thioether (sulfide) groups is 1. The average Bonchev–Trinajstić information content (AvgIpc) is 2.59. The van der Waals surface area contributed by atoms with Crippen LogP contribution in [0.5, 0.6) is 0 Å². The minimum Gasteiger partial charge on any atom is -0.383 e. The van der Waals surface area contributed by atoms with Gasteiger partial charge >= 0.3 is 0 Å². The molecule has 1 fully saturated rings. The van der Waals surface area contributed by atoms with E-state index in [2.05, 4.69) is 4.98 Å². The summed E-state index contributed by atoms with van der Waals surface area (Å²) in [7, 11) is 0. The molecular weight excluding hydrogens is 326 g/mol. The van der Waals surface area contributed by atoms with Crippen molar-refractivity contribution in [2.45, 2.75) is 24.8 Å². The van der Waals surface area contributed by atoms with Crippen LogP contribution in [0, 0.1) is 28.6 Å². The Morgan fingerprint density at radius 2 is 2.12 bits per heavy atom. The highest BCUT2D eigenvalue weighted by Gasteiger charge is 2.27. The van der Waals surface area contributed by atoms with Gasteiger partial charge in [-0.25, -0.2) is 4.98 Å². The summed E-state index contributed by atoms with van der Waals surface area (Å²) in [5, 5.41) is 18.4. The van der Waals surface area contributed by atoms with Crippen molar-refractivity contribution in [3.05, 3.63) is 17.2 Å². The lowest BCUT2D eigenvalue weighted by molar-refractivity contribution is -0.132. The van der Waals surface area contributed by atoms with Gasteiger partial charge in [-0.05, 0) is 18.9 Å². The van der Waals surface area contributed by atoms with E-state index < -0.39 is 0 Å². The summed E-state index contributed by atoms with van der Waals surface area (Å²) in [5.74, 6) is 0.0278. The highest BCUT2D eigenvalue weighted by molar-refractivity contribution is 8.00. The van der Waals surface area contributed by atoms with Crippen LogP contribution in [-0.4, -0.2) is 40.4 Å². The number of likely N-dealkylation sites (tertiary alicyclic amines) is 1. The number of nitrogens with zero attached hydrogens (tertiary/aromatic N) is 4. The molecule has 2 N–H and O–H groups in total. The molecule has 124 valence electrons. The van der Waals surface area contributed by atoms with Crippen molar-refractivity contribution in [3.8, 4) is 12.1 Å². The Labute approximate surface area is 144 Å². The van der Waals surface area contributed by atoms with Crippen LogP contribution in [0.4, 0.5) is 5.82 Å². The first-order valence-electron chi connectivity index (χ1n) is 7.48. The fraction of sp³-hybridized carbons (Fsp3) is 0.438. The number of aromatic nitrogens is 1. The van der Waals surface area contributed by atoms with Crippen LogP contribution >= 0.6 is 11.8 Å². The molecule has 7 nitrogen and oxygen atoms in total. The maximum atomic E-state index is 12.4. The number of ketones is 1. The predicted molar refractivity (Wildman–Crippen MR) is 88.8 cm³/mol. The van der Waals surface area contributed by atoms with Crippen LogP contribution in [0.25, 0.3) is 0 Å². The zero-order chi connectivity index (χ0) is 17.7. The molecule has 0 bridgehead atoms. The van der Waals surface area contributed by atoms with Gasteiger partial charge in [-0.3, -0.25) is 9.59 Å². The number of nitrogen functional groups attached to an aromatic ring is 1. The summed E-state index contributed by atoms with van der Waals surface area (Å²) in [5.41, 5.74) is 6.04. The van der Waals surface area contributed by atoms with Crippen LogP contribution in [0.2, 0.25) is 0 Å². The predicted octanol–water partition coefficient (Wildman–Crippen LogP) is 1.33. The van der Waals surface area contributed by atoms with Gasteiger partial charge in [0.05, 0.1) is 16.9 Å². The third kappa shape index (κ3) is 4.03. The van der Waals surface area contributed by atoms with E-state index >= 15 is 0 Å². The maximum absolute atomic E-state index is 12.4. The number of hydrogen-bond donors (Lipinski definition) is 1. The Hall–Kier alpha value is -2.58. The molecule has 1 aromatic rings. The number of pyridine rings is 1. The van der Waals surface area contributed by atoms with Crippen molar-refractivity contribution in [3.63, 3.8) is 0 Å². The van der Waals surface area contributed by atoms with Crippen molar-refractivity contribution >= 4 is 29.3 Å². The minimum absolute atomic E-state index is 0.0200. The van der Waals surface area contributed by atoms with Gasteiger partial charge < -0.3 is 10.6 Å². The molecule has 0 aliphatic carbocycles. The zero-order valence-electron chi connectivity index (χ0n) is 13.3. The van der Waals surface area contributed by atoms with Gasteiger partial charge in [0.2, 0.25) is 5.91 Å². The molecule has 0 spiro atoms. The first-order valence-corrected chi connectivity index (χ1v) is 8.46. The topological polar surface area (TPSA) is 124 Å². The quantitative estimate of drug-likeness (QED) is 0.818. The van der Waals surface area contributed by atoms with Gasteiger partial charge in [-0.2, -0.15) is 10.5 Å². The van der Waals surface area contributed by atoms with Gasteiger partial charge in [0.1, 0.15) is 28.8 Å². The SMILES string of the molecule is CC(=O)N1CCCC(C(=O)CSc2nc(N)c(C#N)cc2C#N)C1. The zero-order valence-corrected chi connectivity index (χ0v) is 14.1. The van der Waals surface area contributed by atoms with Gasteiger partial charge in [0.15, 0.2) is 0 Å². The molecule has 1 amide bonds. The largest absolute Gasteiger partial charge is 0.383 e. The minimum atomic E-state index is -0.184. The van der Waals surface area contributed by atoms with E-state index in [0.29, 0.717) is 18.1 Å². The van der Waals surface area contributed by atoms with E-state index in [-0.39, 0.29) is 40.3 Å². The van der Waals surface area contributed by atoms with Crippen LogP contribution in [0.15, 0.2) is 11.1 Å². The maximum Gasteiger partial charge on any atom is 0.219 e. The van der Waals surface area contributed by atoms with Crippen LogP contribution < -0.4 is 5.73 Å². The molecule has 0 radical (unpaired) electrons. The van der Waals surface area contributed by atoms with Crippen molar-refractivity contribution in [2.75, 3.05) is 24.6 Å². The van der Waals surface area contributed by atoms with Crippen molar-refractivity contribution in [2.24, 2.45) is 5.92 Å². The number of carbonyl (C=O) groups excluding carboxylic acids is 2. The smallest absolute Gasteiger partial charge is 0.219 e. The molecule has 0 saturated carbocycles. The summed E-state index contributed by atoms with van der Waals surface area (Å²) in [6, 6.07) is 5.23. The molecule has 1 unspecified atom stereocenters. The second-order valence-electron chi connectivity index (χ2n) is 5.56. The number of nitrogens with two attached hydrogens (primary N) is 1. The standard InChI is InChI=1S/C16H17N5O2S/c1-10(22)21-4-2-3-11(8-21)14(23)9-24-16-13(7-18)5-12(6-17)15(19)20-16/h5,11H,2-4,8-9H2,1H3,(H2,19,20). The van der Waals surface area contributed by atoms with Crippen LogP contribution in [0.3, 0.4) is 0 Å². The van der Waals surface area contributed by atoms with Crippen molar-refractivity contribution < 1.29 is 9.59 Å². The molecule has 1 aromatic heterocycles. The number of nitriles is 2. The lowest BCUT2D eigenvalue weighted by atomic mass is 9.94. The highest BCUT2D eigenvalue weighted by Crippen LogP contribution is 2.26. The summed E-state index contributed by atoms with van der Waals surface area (Å²) < 4.78 is 0. The second kappa shape index (κ2) is 7.80. The molecule has 24 heavy (non-hydrogen) atoms. The molecule has 1 aliphatic rings. The summed E-state index contributed by atoms with van der Waals surface area (Å²) in [6.07, 6.45) is 1.57. The number of amides is 1. The molecule has 1 atom stereocenters. The van der Waals surface area contributed by atoms with Crippen molar-refractivity contribution in [1.82, 2.24) is 9.88 Å². The number of carbonyl (C=O) groups is 2.